The lowest BCUT2D eigenvalue weighted by Crippen LogP contribution is -2.15. The van der Waals surface area contributed by atoms with Crippen molar-refractivity contribution in [3.05, 3.63) is 0 Å². The van der Waals surface area contributed by atoms with E-state index in [-0.39, 0.29) is 24.8 Å². The highest BCUT2D eigenvalue weighted by Crippen LogP contribution is 2.05. The predicted molar refractivity (Wildman–Crippen MR) is 70.1 cm³/mol. The minimum absolute atomic E-state index is 0.107. The van der Waals surface area contributed by atoms with Crippen molar-refractivity contribution in [2.75, 3.05) is 13.2 Å². The Kier molecular flexibility index (Phi) is 9.33. The second-order valence-corrected chi connectivity index (χ2v) is 4.89. The molecule has 0 fully saturated rings. The second kappa shape index (κ2) is 9.92. The molecular formula is C14H26O4. The molecule has 4 nitrogen and oxygen atoms in total. The highest BCUT2D eigenvalue weighted by Gasteiger charge is 2.11. The maximum Gasteiger partial charge on any atom is 0.306 e. The maximum absolute atomic E-state index is 11.3. The Bertz CT molecular complexity index is 224. The van der Waals surface area contributed by atoms with Crippen molar-refractivity contribution in [1.82, 2.24) is 0 Å². The molecule has 0 aliphatic carbocycles. The molecule has 0 heterocycles. The first kappa shape index (κ1) is 16.9. The van der Waals surface area contributed by atoms with Crippen LogP contribution in [-0.4, -0.2) is 25.2 Å². The Morgan fingerprint density at radius 1 is 0.833 bits per heavy atom. The van der Waals surface area contributed by atoms with Gasteiger partial charge in [-0.15, -0.1) is 0 Å². The fourth-order valence-electron chi connectivity index (χ4n) is 1.05. The van der Waals surface area contributed by atoms with E-state index in [1.54, 1.807) is 0 Å². The number of carbonyl (C=O) groups excluding carboxylic acids is 2. The van der Waals surface area contributed by atoms with E-state index in [2.05, 4.69) is 0 Å². The van der Waals surface area contributed by atoms with Gasteiger partial charge in [0.1, 0.15) is 0 Å². The summed E-state index contributed by atoms with van der Waals surface area (Å²) in [5.74, 6) is 0.0872. The van der Waals surface area contributed by atoms with E-state index < -0.39 is 0 Å². The van der Waals surface area contributed by atoms with Crippen LogP contribution in [0.2, 0.25) is 0 Å². The minimum atomic E-state index is -0.323. The summed E-state index contributed by atoms with van der Waals surface area (Å²) in [5.41, 5.74) is 0. The molecule has 0 aromatic rings. The lowest BCUT2D eigenvalue weighted by Gasteiger charge is -2.10. The number of rotatable bonds is 9. The largest absolute Gasteiger partial charge is 0.465 e. The minimum Gasteiger partial charge on any atom is -0.465 e. The number of ether oxygens (including phenoxy) is 2. The normalized spacial score (nSPS) is 13.8. The van der Waals surface area contributed by atoms with Gasteiger partial charge in [-0.2, -0.15) is 0 Å². The maximum atomic E-state index is 11.3. The molecule has 18 heavy (non-hydrogen) atoms. The summed E-state index contributed by atoms with van der Waals surface area (Å²) < 4.78 is 10.1. The third-order valence-corrected chi connectivity index (χ3v) is 2.98. The van der Waals surface area contributed by atoms with Crippen LogP contribution in [0.4, 0.5) is 0 Å². The molecule has 0 aliphatic rings. The van der Waals surface area contributed by atoms with Crippen molar-refractivity contribution in [3.63, 3.8) is 0 Å². The highest BCUT2D eigenvalue weighted by atomic mass is 16.5. The Morgan fingerprint density at radius 2 is 1.17 bits per heavy atom. The van der Waals surface area contributed by atoms with Gasteiger partial charge in [-0.3, -0.25) is 9.59 Å². The van der Waals surface area contributed by atoms with Crippen LogP contribution in [-0.2, 0) is 19.1 Å². The van der Waals surface area contributed by atoms with E-state index in [9.17, 15) is 9.59 Å². The first-order valence-corrected chi connectivity index (χ1v) is 6.80. The average Bonchev–Trinajstić information content (AvgIpc) is 2.39. The molecule has 0 saturated heterocycles. The third-order valence-electron chi connectivity index (χ3n) is 2.98. The topological polar surface area (TPSA) is 52.6 Å². The zero-order valence-electron chi connectivity index (χ0n) is 12.0. The van der Waals surface area contributed by atoms with Crippen LogP contribution < -0.4 is 0 Å². The van der Waals surface area contributed by atoms with Gasteiger partial charge < -0.3 is 9.47 Å². The molecule has 0 rings (SSSR count). The van der Waals surface area contributed by atoms with Gasteiger partial charge >= 0.3 is 11.9 Å². The van der Waals surface area contributed by atoms with Crippen LogP contribution in [0.25, 0.3) is 0 Å². The number of hydrogen-bond acceptors (Lipinski definition) is 4. The molecule has 0 bridgehead atoms. The van der Waals surface area contributed by atoms with Crippen molar-refractivity contribution in [3.8, 4) is 0 Å². The van der Waals surface area contributed by atoms with E-state index in [0.29, 0.717) is 25.0 Å². The van der Waals surface area contributed by atoms with Crippen molar-refractivity contribution < 1.29 is 19.1 Å². The van der Waals surface area contributed by atoms with Crippen LogP contribution in [0.1, 0.15) is 53.4 Å². The Hall–Kier alpha value is -1.06. The zero-order valence-corrected chi connectivity index (χ0v) is 12.0. The Balaban J connectivity index is 3.62. The molecular weight excluding hydrogens is 232 g/mol. The van der Waals surface area contributed by atoms with Crippen LogP contribution in [0.5, 0.6) is 0 Å². The van der Waals surface area contributed by atoms with Gasteiger partial charge in [-0.05, 0) is 11.8 Å². The van der Waals surface area contributed by atoms with Gasteiger partial charge in [0.15, 0.2) is 0 Å². The summed E-state index contributed by atoms with van der Waals surface area (Å²) in [6.45, 7) is 8.99. The molecule has 0 N–H and O–H groups in total. The van der Waals surface area contributed by atoms with Gasteiger partial charge in [-0.1, -0.05) is 40.5 Å². The molecule has 2 unspecified atom stereocenters. The molecule has 0 aromatic carbocycles. The molecule has 2 atom stereocenters. The van der Waals surface area contributed by atoms with Gasteiger partial charge in [0, 0.05) is 0 Å². The molecule has 4 heteroatoms. The summed E-state index contributed by atoms with van der Waals surface area (Å²) >= 11 is 0. The summed E-state index contributed by atoms with van der Waals surface area (Å²) in [5, 5.41) is 0. The predicted octanol–water partition coefficient (Wildman–Crippen LogP) is 2.95. The fraction of sp³-hybridized carbons (Fsp3) is 0.857. The lowest BCUT2D eigenvalue weighted by molar-refractivity contribution is -0.151. The molecule has 0 aliphatic heterocycles. The fourth-order valence-corrected chi connectivity index (χ4v) is 1.05. The van der Waals surface area contributed by atoms with Crippen LogP contribution in [0.15, 0.2) is 0 Å². The highest BCUT2D eigenvalue weighted by molar-refractivity contribution is 5.77. The molecule has 0 amide bonds. The molecule has 0 radical (unpaired) electrons. The molecule has 106 valence electrons. The van der Waals surface area contributed by atoms with E-state index in [1.807, 2.05) is 27.7 Å². The molecule has 0 spiro atoms. The quantitative estimate of drug-likeness (QED) is 0.597. The molecule has 0 aromatic heterocycles. The number of esters is 2. The average molecular weight is 258 g/mol. The smallest absolute Gasteiger partial charge is 0.306 e. The Morgan fingerprint density at radius 3 is 1.44 bits per heavy atom. The molecule has 0 saturated carbocycles. The zero-order chi connectivity index (χ0) is 14.0. The first-order valence-electron chi connectivity index (χ1n) is 6.80. The summed E-state index contributed by atoms with van der Waals surface area (Å²) in [6.07, 6.45) is 2.17. The van der Waals surface area contributed by atoms with E-state index in [1.165, 1.54) is 0 Å². The van der Waals surface area contributed by atoms with Crippen molar-refractivity contribution in [1.29, 1.82) is 0 Å². The second-order valence-electron chi connectivity index (χ2n) is 4.89. The standard InChI is InChI=1S/C14H26O4/c1-5-11(3)9-17-13(15)7-8-14(16)18-10-12(4)6-2/h11-12H,5-10H2,1-4H3. The Labute approximate surface area is 110 Å². The van der Waals surface area contributed by atoms with Crippen molar-refractivity contribution in [2.24, 2.45) is 11.8 Å². The summed E-state index contributed by atoms with van der Waals surface area (Å²) in [4.78, 5) is 22.7. The van der Waals surface area contributed by atoms with Crippen molar-refractivity contribution >= 4 is 11.9 Å². The van der Waals surface area contributed by atoms with E-state index >= 15 is 0 Å². The van der Waals surface area contributed by atoms with E-state index in [0.717, 1.165) is 12.8 Å². The lowest BCUT2D eigenvalue weighted by atomic mass is 10.1. The van der Waals surface area contributed by atoms with Gasteiger partial charge in [-0.25, -0.2) is 0 Å². The van der Waals surface area contributed by atoms with Gasteiger partial charge in [0.05, 0.1) is 26.1 Å². The SMILES string of the molecule is CCC(C)COC(=O)CCC(=O)OCC(C)CC. The van der Waals surface area contributed by atoms with Crippen LogP contribution in [0.3, 0.4) is 0 Å². The number of carbonyl (C=O) groups is 2. The van der Waals surface area contributed by atoms with Gasteiger partial charge in [0.25, 0.3) is 0 Å². The van der Waals surface area contributed by atoms with Crippen LogP contribution >= 0.6 is 0 Å². The summed E-state index contributed by atoms with van der Waals surface area (Å²) in [6, 6.07) is 0. The third kappa shape index (κ3) is 9.02. The van der Waals surface area contributed by atoms with Crippen LogP contribution in [0, 0.1) is 11.8 Å². The first-order chi connectivity index (χ1) is 8.49. The van der Waals surface area contributed by atoms with Gasteiger partial charge in [0.2, 0.25) is 0 Å². The van der Waals surface area contributed by atoms with Crippen molar-refractivity contribution in [2.45, 2.75) is 53.4 Å². The monoisotopic (exact) mass is 258 g/mol. The summed E-state index contributed by atoms with van der Waals surface area (Å²) in [7, 11) is 0. The van der Waals surface area contributed by atoms with E-state index in [4.69, 9.17) is 9.47 Å². The number of hydrogen-bond donors (Lipinski definition) is 0.